The van der Waals surface area contributed by atoms with Crippen LogP contribution in [0.3, 0.4) is 0 Å². The summed E-state index contributed by atoms with van der Waals surface area (Å²) in [4.78, 5) is 11.8. The SMILES string of the molecule is C=C(NC(C)=O)SC(C)=C(C)C. The van der Waals surface area contributed by atoms with Gasteiger partial charge < -0.3 is 5.32 Å². The first-order valence-corrected chi connectivity index (χ1v) is 4.53. The van der Waals surface area contributed by atoms with Gasteiger partial charge in [0.2, 0.25) is 5.91 Å². The Morgan fingerprint density at radius 3 is 2.08 bits per heavy atom. The number of hydrogen-bond donors (Lipinski definition) is 1. The number of thioether (sulfide) groups is 1. The van der Waals surface area contributed by atoms with Gasteiger partial charge >= 0.3 is 0 Å². The van der Waals surface area contributed by atoms with Gasteiger partial charge in [0.15, 0.2) is 0 Å². The molecule has 12 heavy (non-hydrogen) atoms. The van der Waals surface area contributed by atoms with Gasteiger partial charge in [-0.3, -0.25) is 4.79 Å². The van der Waals surface area contributed by atoms with E-state index in [2.05, 4.69) is 11.9 Å². The maximum absolute atomic E-state index is 10.6. The Balaban J connectivity index is 4.03. The third-order valence-electron chi connectivity index (χ3n) is 1.30. The zero-order chi connectivity index (χ0) is 9.72. The molecule has 1 amide bonds. The first-order valence-electron chi connectivity index (χ1n) is 3.72. The second-order valence-corrected chi connectivity index (χ2v) is 4.07. The predicted molar refractivity (Wildman–Crippen MR) is 54.6 cm³/mol. The smallest absolute Gasteiger partial charge is 0.221 e. The van der Waals surface area contributed by atoms with E-state index in [1.807, 2.05) is 20.8 Å². The molecule has 0 aromatic heterocycles. The Kier molecular flexibility index (Phi) is 4.74. The summed E-state index contributed by atoms with van der Waals surface area (Å²) in [6, 6.07) is 0. The molecule has 0 aromatic rings. The standard InChI is InChI=1S/C9H15NOS/c1-6(2)7(3)12-9(5)10-8(4)11/h5H2,1-4H3,(H,10,11). The lowest BCUT2D eigenvalue weighted by molar-refractivity contribution is -0.118. The highest BCUT2D eigenvalue weighted by atomic mass is 32.2. The first kappa shape index (κ1) is 11.3. The molecule has 0 aromatic carbocycles. The average Bonchev–Trinajstić information content (AvgIpc) is 1.84. The maximum Gasteiger partial charge on any atom is 0.221 e. The Hall–Kier alpha value is -0.700. The van der Waals surface area contributed by atoms with Crippen molar-refractivity contribution in [2.24, 2.45) is 0 Å². The average molecular weight is 185 g/mol. The molecular formula is C9H15NOS. The fraction of sp³-hybridized carbons (Fsp3) is 0.444. The third-order valence-corrected chi connectivity index (χ3v) is 2.36. The lowest BCUT2D eigenvalue weighted by Crippen LogP contribution is -2.16. The highest BCUT2D eigenvalue weighted by molar-refractivity contribution is 8.06. The first-order chi connectivity index (χ1) is 5.43. The zero-order valence-corrected chi connectivity index (χ0v) is 8.84. The minimum atomic E-state index is -0.0749. The van der Waals surface area contributed by atoms with Gasteiger partial charge in [-0.15, -0.1) is 0 Å². The van der Waals surface area contributed by atoms with Crippen molar-refractivity contribution in [3.05, 3.63) is 22.1 Å². The van der Waals surface area contributed by atoms with Crippen LogP contribution in [0.1, 0.15) is 27.7 Å². The second kappa shape index (κ2) is 5.04. The van der Waals surface area contributed by atoms with E-state index in [0.717, 1.165) is 0 Å². The predicted octanol–water partition coefficient (Wildman–Crippen LogP) is 2.64. The van der Waals surface area contributed by atoms with Crippen LogP contribution in [0.25, 0.3) is 0 Å². The van der Waals surface area contributed by atoms with E-state index in [-0.39, 0.29) is 5.91 Å². The van der Waals surface area contributed by atoms with Crippen LogP contribution >= 0.6 is 11.8 Å². The summed E-state index contributed by atoms with van der Waals surface area (Å²) in [5.74, 6) is -0.0749. The van der Waals surface area contributed by atoms with Crippen LogP contribution in [0, 0.1) is 0 Å². The Labute approximate surface area is 78.1 Å². The molecule has 0 saturated carbocycles. The molecule has 68 valence electrons. The van der Waals surface area contributed by atoms with Crippen LogP contribution in [-0.4, -0.2) is 5.91 Å². The van der Waals surface area contributed by atoms with Crippen molar-refractivity contribution < 1.29 is 4.79 Å². The minimum Gasteiger partial charge on any atom is -0.321 e. The topological polar surface area (TPSA) is 29.1 Å². The number of rotatable bonds is 3. The van der Waals surface area contributed by atoms with Gasteiger partial charge in [-0.1, -0.05) is 23.9 Å². The summed E-state index contributed by atoms with van der Waals surface area (Å²) >= 11 is 1.49. The molecule has 0 fully saturated rings. The van der Waals surface area contributed by atoms with Crippen molar-refractivity contribution in [2.45, 2.75) is 27.7 Å². The molecule has 0 rings (SSSR count). The normalized spacial score (nSPS) is 9.00. The number of carbonyl (C=O) groups excluding carboxylic acids is 1. The molecule has 0 radical (unpaired) electrons. The van der Waals surface area contributed by atoms with Gasteiger partial charge in [-0.2, -0.15) is 0 Å². The van der Waals surface area contributed by atoms with Gasteiger partial charge in [-0.05, 0) is 25.7 Å². The molecule has 0 bridgehead atoms. The summed E-state index contributed by atoms with van der Waals surface area (Å²) < 4.78 is 0. The number of amides is 1. The van der Waals surface area contributed by atoms with Crippen molar-refractivity contribution >= 4 is 17.7 Å². The fourth-order valence-electron chi connectivity index (χ4n) is 0.509. The third kappa shape index (κ3) is 5.02. The molecule has 0 atom stereocenters. The van der Waals surface area contributed by atoms with Crippen LogP contribution in [0.15, 0.2) is 22.1 Å². The van der Waals surface area contributed by atoms with Gasteiger partial charge in [0, 0.05) is 6.92 Å². The lowest BCUT2D eigenvalue weighted by atomic mass is 10.3. The maximum atomic E-state index is 10.6. The van der Waals surface area contributed by atoms with Gasteiger partial charge in [-0.25, -0.2) is 0 Å². The van der Waals surface area contributed by atoms with Crippen LogP contribution < -0.4 is 5.32 Å². The van der Waals surface area contributed by atoms with E-state index in [9.17, 15) is 4.79 Å². The quantitative estimate of drug-likeness (QED) is 0.732. The van der Waals surface area contributed by atoms with Crippen molar-refractivity contribution in [1.29, 1.82) is 0 Å². The van der Waals surface area contributed by atoms with Crippen LogP contribution in [0.5, 0.6) is 0 Å². The number of allylic oxidation sites excluding steroid dienone is 2. The van der Waals surface area contributed by atoms with E-state index >= 15 is 0 Å². The largest absolute Gasteiger partial charge is 0.321 e. The van der Waals surface area contributed by atoms with Gasteiger partial charge in [0.1, 0.15) is 0 Å². The molecular weight excluding hydrogens is 170 g/mol. The Bertz CT molecular complexity index is 227. The monoisotopic (exact) mass is 185 g/mol. The lowest BCUT2D eigenvalue weighted by Gasteiger charge is -2.06. The van der Waals surface area contributed by atoms with Gasteiger partial charge in [0.05, 0.1) is 5.03 Å². The molecule has 0 heterocycles. The molecule has 0 aliphatic heterocycles. The van der Waals surface area contributed by atoms with Crippen LogP contribution in [0.2, 0.25) is 0 Å². The molecule has 2 nitrogen and oxygen atoms in total. The molecule has 0 spiro atoms. The molecule has 0 unspecified atom stereocenters. The zero-order valence-electron chi connectivity index (χ0n) is 8.02. The van der Waals surface area contributed by atoms with Crippen LogP contribution in [-0.2, 0) is 4.79 Å². The number of hydrogen-bond acceptors (Lipinski definition) is 2. The summed E-state index contributed by atoms with van der Waals surface area (Å²) in [7, 11) is 0. The fourth-order valence-corrected chi connectivity index (χ4v) is 1.28. The molecule has 3 heteroatoms. The van der Waals surface area contributed by atoms with Gasteiger partial charge in [0.25, 0.3) is 0 Å². The summed E-state index contributed by atoms with van der Waals surface area (Å²) in [5.41, 5.74) is 1.24. The summed E-state index contributed by atoms with van der Waals surface area (Å²) in [5, 5.41) is 3.31. The summed E-state index contributed by atoms with van der Waals surface area (Å²) in [6.45, 7) is 11.3. The Morgan fingerprint density at radius 1 is 1.25 bits per heavy atom. The number of nitrogens with one attached hydrogen (secondary N) is 1. The molecule has 0 aliphatic carbocycles. The van der Waals surface area contributed by atoms with E-state index in [4.69, 9.17) is 0 Å². The molecule has 1 N–H and O–H groups in total. The Morgan fingerprint density at radius 2 is 1.75 bits per heavy atom. The van der Waals surface area contributed by atoms with Crippen molar-refractivity contribution in [2.75, 3.05) is 0 Å². The van der Waals surface area contributed by atoms with Crippen molar-refractivity contribution in [3.63, 3.8) is 0 Å². The van der Waals surface area contributed by atoms with E-state index in [0.29, 0.717) is 5.03 Å². The van der Waals surface area contributed by atoms with Crippen LogP contribution in [0.4, 0.5) is 0 Å². The van der Waals surface area contributed by atoms with Crippen molar-refractivity contribution in [1.82, 2.24) is 5.32 Å². The van der Waals surface area contributed by atoms with Crippen molar-refractivity contribution in [3.8, 4) is 0 Å². The highest BCUT2D eigenvalue weighted by Crippen LogP contribution is 2.23. The minimum absolute atomic E-state index is 0.0749. The van der Waals surface area contributed by atoms with E-state index in [1.165, 1.54) is 29.2 Å². The summed E-state index contributed by atoms with van der Waals surface area (Å²) in [6.07, 6.45) is 0. The molecule has 0 saturated heterocycles. The highest BCUT2D eigenvalue weighted by Gasteiger charge is 1.99. The van der Waals surface area contributed by atoms with E-state index in [1.54, 1.807) is 0 Å². The second-order valence-electron chi connectivity index (χ2n) is 2.76. The number of carbonyl (C=O) groups is 1. The van der Waals surface area contributed by atoms with E-state index < -0.39 is 0 Å². The molecule has 0 aliphatic rings.